The molecule has 0 spiro atoms. The van der Waals surface area contributed by atoms with Crippen molar-refractivity contribution in [2.45, 2.75) is 19.0 Å². The number of esters is 1. The van der Waals surface area contributed by atoms with E-state index in [4.69, 9.17) is 0 Å². The fourth-order valence-electron chi connectivity index (χ4n) is 0.534. The number of hydrogen-bond acceptors (Lipinski definition) is 4. The first-order chi connectivity index (χ1) is 4.99. The van der Waals surface area contributed by atoms with Crippen LogP contribution in [0.25, 0.3) is 0 Å². The van der Waals surface area contributed by atoms with Crippen molar-refractivity contribution in [3.8, 4) is 0 Å². The van der Waals surface area contributed by atoms with E-state index in [0.29, 0.717) is 0 Å². The van der Waals surface area contributed by atoms with Crippen LogP contribution in [0, 0.1) is 0 Å². The van der Waals surface area contributed by atoms with Crippen LogP contribution < -0.4 is 5.11 Å². The summed E-state index contributed by atoms with van der Waals surface area (Å²) in [4.78, 5) is 20.6. The lowest BCUT2D eigenvalue weighted by Crippen LogP contribution is -2.50. The molecule has 64 valence electrons. The summed E-state index contributed by atoms with van der Waals surface area (Å²) in [7, 11) is 0.912. The van der Waals surface area contributed by atoms with Crippen LogP contribution in [0.15, 0.2) is 0 Å². The Hall–Kier alpha value is -1.13. The van der Waals surface area contributed by atoms with E-state index in [1.807, 2.05) is 0 Å². The van der Waals surface area contributed by atoms with Crippen LogP contribution in [0.1, 0.15) is 13.3 Å². The number of carbonyl (C=O) groups is 2. The summed E-state index contributed by atoms with van der Waals surface area (Å²) >= 11 is 0. The maximum atomic E-state index is 12.9. The average molecular weight is 163 g/mol. The number of carbonyl (C=O) groups excluding carboxylic acids is 2. The van der Waals surface area contributed by atoms with Crippen LogP contribution in [-0.4, -0.2) is 24.7 Å². The Morgan fingerprint density at radius 1 is 1.64 bits per heavy atom. The number of carboxylic acids is 1. The van der Waals surface area contributed by atoms with E-state index in [2.05, 4.69) is 4.74 Å². The lowest BCUT2D eigenvalue weighted by atomic mass is 10.0. The highest BCUT2D eigenvalue weighted by Gasteiger charge is 2.39. The summed E-state index contributed by atoms with van der Waals surface area (Å²) in [6.45, 7) is 1.21. The molecule has 1 atom stereocenters. The zero-order valence-electron chi connectivity index (χ0n) is 6.22. The molecular weight excluding hydrogens is 155 g/mol. The molecule has 0 fully saturated rings. The molecule has 11 heavy (non-hydrogen) atoms. The first kappa shape index (κ1) is 9.87. The van der Waals surface area contributed by atoms with E-state index < -0.39 is 24.0 Å². The van der Waals surface area contributed by atoms with Gasteiger partial charge in [0.15, 0.2) is 0 Å². The lowest BCUT2D eigenvalue weighted by molar-refractivity contribution is -0.318. The van der Waals surface area contributed by atoms with E-state index >= 15 is 0 Å². The second kappa shape index (κ2) is 3.32. The maximum absolute atomic E-state index is 12.9. The van der Waals surface area contributed by atoms with Crippen LogP contribution in [0.3, 0.4) is 0 Å². The molecule has 0 heterocycles. The zero-order chi connectivity index (χ0) is 9.07. The molecule has 0 radical (unpaired) electrons. The van der Waals surface area contributed by atoms with Gasteiger partial charge in [-0.15, -0.1) is 0 Å². The van der Waals surface area contributed by atoms with Crippen molar-refractivity contribution >= 4 is 11.9 Å². The quantitative estimate of drug-likeness (QED) is 0.396. The molecule has 1 unspecified atom stereocenters. The second-order valence-electron chi connectivity index (χ2n) is 1.93. The Morgan fingerprint density at radius 2 is 2.09 bits per heavy atom. The van der Waals surface area contributed by atoms with Gasteiger partial charge >= 0.3 is 5.97 Å². The minimum absolute atomic E-state index is 0.498. The Labute approximate surface area is 63.0 Å². The van der Waals surface area contributed by atoms with Crippen molar-refractivity contribution in [1.29, 1.82) is 0 Å². The fraction of sp³-hybridized carbons (Fsp3) is 0.667. The molecule has 0 aromatic heterocycles. The summed E-state index contributed by atoms with van der Waals surface area (Å²) in [5, 5.41) is 10.1. The van der Waals surface area contributed by atoms with Gasteiger partial charge in [0.2, 0.25) is 5.67 Å². The molecule has 0 aromatic carbocycles. The largest absolute Gasteiger partial charge is 0.546 e. The van der Waals surface area contributed by atoms with Gasteiger partial charge in [0, 0.05) is 0 Å². The van der Waals surface area contributed by atoms with Crippen molar-refractivity contribution in [3.05, 3.63) is 0 Å². The highest BCUT2D eigenvalue weighted by Crippen LogP contribution is 2.16. The Balaban J connectivity index is 4.59. The smallest absolute Gasteiger partial charge is 0.349 e. The number of hydrogen-bond donors (Lipinski definition) is 0. The number of ether oxygens (including phenoxy) is 1. The minimum atomic E-state index is -3.01. The highest BCUT2D eigenvalue weighted by molar-refractivity contribution is 6.01. The van der Waals surface area contributed by atoms with Gasteiger partial charge in [-0.1, -0.05) is 6.92 Å². The molecule has 0 saturated carbocycles. The van der Waals surface area contributed by atoms with E-state index in [1.54, 1.807) is 0 Å². The Morgan fingerprint density at radius 3 is 2.18 bits per heavy atom. The summed E-state index contributed by atoms with van der Waals surface area (Å²) in [6, 6.07) is 0. The highest BCUT2D eigenvalue weighted by atomic mass is 19.1. The first-order valence-corrected chi connectivity index (χ1v) is 2.97. The number of aliphatic carboxylic acids is 1. The maximum Gasteiger partial charge on any atom is 0.349 e. The third-order valence-electron chi connectivity index (χ3n) is 1.32. The van der Waals surface area contributed by atoms with Crippen LogP contribution in [0.4, 0.5) is 4.39 Å². The van der Waals surface area contributed by atoms with Crippen LogP contribution in [-0.2, 0) is 14.3 Å². The predicted molar refractivity (Wildman–Crippen MR) is 31.2 cm³/mol. The molecular formula is C6H8FO4-. The summed E-state index contributed by atoms with van der Waals surface area (Å²) in [5.74, 6) is -3.49. The second-order valence-corrected chi connectivity index (χ2v) is 1.93. The lowest BCUT2D eigenvalue weighted by Gasteiger charge is -2.20. The van der Waals surface area contributed by atoms with Crippen molar-refractivity contribution in [3.63, 3.8) is 0 Å². The number of carboxylic acid groups (broad SMARTS) is 1. The fourth-order valence-corrected chi connectivity index (χ4v) is 0.534. The van der Waals surface area contributed by atoms with E-state index in [-0.39, 0.29) is 0 Å². The monoisotopic (exact) mass is 163 g/mol. The SMILES string of the molecule is CCC(F)(C(=O)[O-])C(=O)OC. The molecule has 0 aliphatic rings. The Bertz CT molecular complexity index is 179. The van der Waals surface area contributed by atoms with Gasteiger partial charge in [-0.3, -0.25) is 0 Å². The third kappa shape index (κ3) is 1.66. The van der Waals surface area contributed by atoms with Crippen LogP contribution in [0.2, 0.25) is 0 Å². The van der Waals surface area contributed by atoms with Gasteiger partial charge in [-0.05, 0) is 6.42 Å². The van der Waals surface area contributed by atoms with Gasteiger partial charge in [0.1, 0.15) is 0 Å². The van der Waals surface area contributed by atoms with Gasteiger partial charge in [0.05, 0.1) is 13.1 Å². The van der Waals surface area contributed by atoms with Crippen LogP contribution in [0.5, 0.6) is 0 Å². The van der Waals surface area contributed by atoms with E-state index in [0.717, 1.165) is 7.11 Å². The molecule has 0 rings (SSSR count). The molecule has 5 heteroatoms. The molecule has 0 aliphatic heterocycles. The van der Waals surface area contributed by atoms with E-state index in [1.165, 1.54) is 6.92 Å². The van der Waals surface area contributed by atoms with Gasteiger partial charge < -0.3 is 14.6 Å². The van der Waals surface area contributed by atoms with Crippen molar-refractivity contribution in [2.24, 2.45) is 0 Å². The van der Waals surface area contributed by atoms with Crippen molar-refractivity contribution in [2.75, 3.05) is 7.11 Å². The molecule has 0 aromatic rings. The molecule has 4 nitrogen and oxygen atoms in total. The predicted octanol–water partition coefficient (Wildman–Crippen LogP) is -0.972. The summed E-state index contributed by atoms with van der Waals surface area (Å²) in [6.07, 6.45) is -0.498. The summed E-state index contributed by atoms with van der Waals surface area (Å²) < 4.78 is 16.8. The Kier molecular flexibility index (Phi) is 2.98. The zero-order valence-corrected chi connectivity index (χ0v) is 6.22. The molecule has 0 aliphatic carbocycles. The number of alkyl halides is 1. The normalized spacial score (nSPS) is 15.2. The van der Waals surface area contributed by atoms with Gasteiger partial charge in [-0.25, -0.2) is 9.18 Å². The molecule has 0 bridgehead atoms. The van der Waals surface area contributed by atoms with Crippen molar-refractivity contribution < 1.29 is 23.8 Å². The minimum Gasteiger partial charge on any atom is -0.546 e. The van der Waals surface area contributed by atoms with Crippen molar-refractivity contribution in [1.82, 2.24) is 0 Å². The number of methoxy groups -OCH3 is 1. The van der Waals surface area contributed by atoms with E-state index in [9.17, 15) is 19.1 Å². The third-order valence-corrected chi connectivity index (χ3v) is 1.32. The van der Waals surface area contributed by atoms with Crippen LogP contribution >= 0.6 is 0 Å². The number of rotatable bonds is 3. The molecule has 0 N–H and O–H groups in total. The summed E-state index contributed by atoms with van der Waals surface area (Å²) in [5.41, 5.74) is -3.01. The molecule has 0 amide bonds. The van der Waals surface area contributed by atoms with Gasteiger partial charge in [-0.2, -0.15) is 0 Å². The first-order valence-electron chi connectivity index (χ1n) is 2.97. The van der Waals surface area contributed by atoms with Gasteiger partial charge in [0.25, 0.3) is 0 Å². The average Bonchev–Trinajstić information content (AvgIpc) is 2.01. The molecule has 0 saturated heterocycles. The number of halogens is 1. The standard InChI is InChI=1S/C6H9FO4/c1-3-6(7,4(8)9)5(10)11-2/h3H2,1-2H3,(H,8,9)/p-1. The topological polar surface area (TPSA) is 66.4 Å².